The largest absolute Gasteiger partial charge is 0.399 e. The number of halogens is 2. The molecule has 0 fully saturated rings. The molecule has 3 N–H and O–H groups in total. The van der Waals surface area contributed by atoms with Crippen LogP contribution in [0.4, 0.5) is 11.5 Å². The molecule has 0 unspecified atom stereocenters. The number of sulfonamides is 1. The Balaban J connectivity index is 2.48. The van der Waals surface area contributed by atoms with Gasteiger partial charge in [-0.05, 0) is 75.5 Å². The third kappa shape index (κ3) is 3.75. The Morgan fingerprint density at radius 3 is 2.19 bits per heavy atom. The summed E-state index contributed by atoms with van der Waals surface area (Å²) in [6, 6.07) is 6.61. The molecule has 21 heavy (non-hydrogen) atoms. The minimum atomic E-state index is -3.79. The van der Waals surface area contributed by atoms with Crippen molar-refractivity contribution in [3.8, 4) is 0 Å². The van der Waals surface area contributed by atoms with Gasteiger partial charge >= 0.3 is 0 Å². The standard InChI is InChI=1S/C13H13Br2N3O2S/c1-7-3-8(2)17-12(4-7)18-21(19,20)13-10(14)5-9(16)6-11(13)15/h3-6H,16H2,1-2H3,(H,17,18). The minimum Gasteiger partial charge on any atom is -0.399 e. The molecular weight excluding hydrogens is 422 g/mol. The van der Waals surface area contributed by atoms with Crippen molar-refractivity contribution in [1.29, 1.82) is 0 Å². The first-order valence-corrected chi connectivity index (χ1v) is 8.98. The van der Waals surface area contributed by atoms with Crippen LogP contribution in [-0.2, 0) is 10.0 Å². The molecule has 0 saturated heterocycles. The molecule has 1 heterocycles. The Bertz CT molecular complexity index is 764. The minimum absolute atomic E-state index is 0.0812. The van der Waals surface area contributed by atoms with Crippen molar-refractivity contribution in [2.75, 3.05) is 10.5 Å². The quantitative estimate of drug-likeness (QED) is 0.722. The maximum absolute atomic E-state index is 12.5. The van der Waals surface area contributed by atoms with Crippen molar-refractivity contribution in [3.05, 3.63) is 44.5 Å². The Morgan fingerprint density at radius 1 is 1.10 bits per heavy atom. The molecule has 0 spiro atoms. The zero-order valence-electron chi connectivity index (χ0n) is 11.3. The fourth-order valence-electron chi connectivity index (χ4n) is 1.92. The second-order valence-corrected chi connectivity index (χ2v) is 7.92. The van der Waals surface area contributed by atoms with Crippen LogP contribution in [0.25, 0.3) is 0 Å². The van der Waals surface area contributed by atoms with Crippen LogP contribution in [0.3, 0.4) is 0 Å². The van der Waals surface area contributed by atoms with Crippen LogP contribution in [0.5, 0.6) is 0 Å². The second kappa shape index (κ2) is 5.94. The number of nitrogens with zero attached hydrogens (tertiary/aromatic N) is 1. The van der Waals surface area contributed by atoms with Gasteiger partial charge in [0.15, 0.2) is 0 Å². The first-order chi connectivity index (χ1) is 9.69. The number of pyridine rings is 1. The number of hydrogen-bond donors (Lipinski definition) is 2. The van der Waals surface area contributed by atoms with Crippen molar-refractivity contribution in [1.82, 2.24) is 4.98 Å². The van der Waals surface area contributed by atoms with E-state index in [2.05, 4.69) is 41.6 Å². The van der Waals surface area contributed by atoms with E-state index in [1.54, 1.807) is 13.0 Å². The summed E-state index contributed by atoms with van der Waals surface area (Å²) in [6.07, 6.45) is 0. The lowest BCUT2D eigenvalue weighted by molar-refractivity contribution is 0.600. The molecule has 5 nitrogen and oxygen atoms in total. The van der Waals surface area contributed by atoms with E-state index in [0.29, 0.717) is 14.6 Å². The molecule has 0 bridgehead atoms. The number of aromatic nitrogens is 1. The van der Waals surface area contributed by atoms with E-state index in [-0.39, 0.29) is 10.7 Å². The second-order valence-electron chi connectivity index (χ2n) is 4.59. The molecule has 2 rings (SSSR count). The highest BCUT2D eigenvalue weighted by molar-refractivity contribution is 9.11. The Morgan fingerprint density at radius 2 is 1.67 bits per heavy atom. The van der Waals surface area contributed by atoms with Crippen LogP contribution >= 0.6 is 31.9 Å². The van der Waals surface area contributed by atoms with E-state index in [9.17, 15) is 8.42 Å². The molecule has 8 heteroatoms. The fourth-order valence-corrected chi connectivity index (χ4v) is 5.53. The highest BCUT2D eigenvalue weighted by Crippen LogP contribution is 2.33. The lowest BCUT2D eigenvalue weighted by Crippen LogP contribution is -2.15. The summed E-state index contributed by atoms with van der Waals surface area (Å²) in [4.78, 5) is 4.26. The zero-order chi connectivity index (χ0) is 15.8. The van der Waals surface area contributed by atoms with Crippen molar-refractivity contribution in [2.24, 2.45) is 0 Å². The average molecular weight is 435 g/mol. The van der Waals surface area contributed by atoms with Crippen LogP contribution in [0.2, 0.25) is 0 Å². The van der Waals surface area contributed by atoms with Gasteiger partial charge in [-0.1, -0.05) is 0 Å². The lowest BCUT2D eigenvalue weighted by atomic mass is 10.2. The topological polar surface area (TPSA) is 85.1 Å². The molecule has 0 amide bonds. The van der Waals surface area contributed by atoms with Crippen molar-refractivity contribution in [3.63, 3.8) is 0 Å². The summed E-state index contributed by atoms with van der Waals surface area (Å²) in [6.45, 7) is 3.68. The predicted octanol–water partition coefficient (Wildman–Crippen LogP) is 3.61. The average Bonchev–Trinajstić information content (AvgIpc) is 2.23. The number of hydrogen-bond acceptors (Lipinski definition) is 4. The molecule has 0 aliphatic carbocycles. The molecule has 0 saturated carbocycles. The SMILES string of the molecule is Cc1cc(C)nc(NS(=O)(=O)c2c(Br)cc(N)cc2Br)c1. The van der Waals surface area contributed by atoms with Gasteiger partial charge in [0.25, 0.3) is 10.0 Å². The molecule has 0 radical (unpaired) electrons. The molecule has 1 aromatic heterocycles. The summed E-state index contributed by atoms with van der Waals surface area (Å²) >= 11 is 6.45. The van der Waals surface area contributed by atoms with Crippen LogP contribution in [-0.4, -0.2) is 13.4 Å². The zero-order valence-corrected chi connectivity index (χ0v) is 15.3. The van der Waals surface area contributed by atoms with Gasteiger partial charge in [-0.2, -0.15) is 0 Å². The Labute approximate surface area is 140 Å². The molecule has 0 aliphatic heterocycles. The van der Waals surface area contributed by atoms with Gasteiger partial charge in [-0.25, -0.2) is 13.4 Å². The number of nitrogens with two attached hydrogens (primary N) is 1. The van der Waals surface area contributed by atoms with Crippen LogP contribution in [0.1, 0.15) is 11.3 Å². The molecule has 112 valence electrons. The van der Waals surface area contributed by atoms with Gasteiger partial charge in [-0.15, -0.1) is 0 Å². The maximum atomic E-state index is 12.5. The van der Waals surface area contributed by atoms with Crippen LogP contribution in [0.15, 0.2) is 38.1 Å². The van der Waals surface area contributed by atoms with Gasteiger partial charge in [-0.3, -0.25) is 4.72 Å². The van der Waals surface area contributed by atoms with Crippen LogP contribution < -0.4 is 10.5 Å². The van der Waals surface area contributed by atoms with Crippen molar-refractivity contribution >= 4 is 53.4 Å². The van der Waals surface area contributed by atoms with Gasteiger partial charge in [0.1, 0.15) is 10.7 Å². The first kappa shape index (κ1) is 16.3. The fraction of sp³-hybridized carbons (Fsp3) is 0.154. The van der Waals surface area contributed by atoms with E-state index >= 15 is 0 Å². The number of aryl methyl sites for hydroxylation is 2. The summed E-state index contributed by atoms with van der Waals surface area (Å²) in [7, 11) is -3.79. The maximum Gasteiger partial charge on any atom is 0.265 e. The summed E-state index contributed by atoms with van der Waals surface area (Å²) in [5.74, 6) is 0.281. The van der Waals surface area contributed by atoms with E-state index in [0.717, 1.165) is 11.3 Å². The van der Waals surface area contributed by atoms with E-state index in [1.165, 1.54) is 12.1 Å². The Hall–Kier alpha value is -1.12. The summed E-state index contributed by atoms with van der Waals surface area (Å²) in [5.41, 5.74) is 7.80. The highest BCUT2D eigenvalue weighted by atomic mass is 79.9. The monoisotopic (exact) mass is 433 g/mol. The summed E-state index contributed by atoms with van der Waals surface area (Å²) < 4.78 is 28.3. The predicted molar refractivity (Wildman–Crippen MR) is 90.8 cm³/mol. The summed E-state index contributed by atoms with van der Waals surface area (Å²) in [5, 5.41) is 0. The van der Waals surface area contributed by atoms with Crippen LogP contribution in [0, 0.1) is 13.8 Å². The van der Waals surface area contributed by atoms with Gasteiger partial charge in [0.05, 0.1) is 0 Å². The van der Waals surface area contributed by atoms with Crippen molar-refractivity contribution in [2.45, 2.75) is 18.7 Å². The van der Waals surface area contributed by atoms with E-state index < -0.39 is 10.0 Å². The molecule has 0 atom stereocenters. The van der Waals surface area contributed by atoms with Gasteiger partial charge in [0, 0.05) is 20.3 Å². The molecular formula is C13H13Br2N3O2S. The molecule has 0 aliphatic rings. The van der Waals surface area contributed by atoms with E-state index in [1.807, 2.05) is 13.0 Å². The number of benzene rings is 1. The molecule has 1 aromatic carbocycles. The third-order valence-electron chi connectivity index (χ3n) is 2.63. The van der Waals surface area contributed by atoms with E-state index in [4.69, 9.17) is 5.73 Å². The lowest BCUT2D eigenvalue weighted by Gasteiger charge is -2.12. The highest BCUT2D eigenvalue weighted by Gasteiger charge is 2.22. The molecule has 2 aromatic rings. The van der Waals surface area contributed by atoms with Gasteiger partial charge in [0.2, 0.25) is 0 Å². The number of nitrogens with one attached hydrogen (secondary N) is 1. The number of anilines is 2. The normalized spacial score (nSPS) is 11.4. The third-order valence-corrected chi connectivity index (χ3v) is 5.86. The first-order valence-electron chi connectivity index (χ1n) is 5.91. The number of rotatable bonds is 3. The number of nitrogen functional groups attached to an aromatic ring is 1. The van der Waals surface area contributed by atoms with Gasteiger partial charge < -0.3 is 5.73 Å². The smallest absolute Gasteiger partial charge is 0.265 e. The van der Waals surface area contributed by atoms with Crippen molar-refractivity contribution < 1.29 is 8.42 Å². The Kier molecular flexibility index (Phi) is 4.60.